The fraction of sp³-hybridized carbons (Fsp3) is 0.571. The molecule has 2 heteroatoms. The van der Waals surface area contributed by atoms with E-state index < -0.39 is 0 Å². The van der Waals surface area contributed by atoms with Crippen LogP contribution in [0.2, 0.25) is 0 Å². The van der Waals surface area contributed by atoms with E-state index in [9.17, 15) is 0 Å². The van der Waals surface area contributed by atoms with Gasteiger partial charge in [-0.25, -0.2) is 0 Å². The molecule has 2 nitrogen and oxygen atoms in total. The molecule has 0 aliphatic heterocycles. The zero-order chi connectivity index (χ0) is 7.44. The monoisotopic (exact) mass is 124 g/mol. The van der Waals surface area contributed by atoms with E-state index in [2.05, 4.69) is 6.58 Å². The Balaban J connectivity index is 3.92. The molecule has 0 fully saturated rings. The molecular formula is C7H12N2. The van der Waals surface area contributed by atoms with Gasteiger partial charge in [-0.3, -0.25) is 0 Å². The van der Waals surface area contributed by atoms with Crippen LogP contribution >= 0.6 is 0 Å². The largest absolute Gasteiger partial charge is 0.302 e. The van der Waals surface area contributed by atoms with Gasteiger partial charge in [-0.15, -0.1) is 0 Å². The summed E-state index contributed by atoms with van der Waals surface area (Å²) in [6, 6.07) is 2.17. The van der Waals surface area contributed by atoms with Crippen LogP contribution in [0.25, 0.3) is 0 Å². The average Bonchev–Trinajstić information content (AvgIpc) is 1.84. The van der Waals surface area contributed by atoms with E-state index in [1.54, 1.807) is 0 Å². The van der Waals surface area contributed by atoms with Crippen LogP contribution in [0.3, 0.4) is 0 Å². The van der Waals surface area contributed by atoms with Gasteiger partial charge in [0.15, 0.2) is 0 Å². The van der Waals surface area contributed by atoms with Crippen LogP contribution in [-0.2, 0) is 0 Å². The lowest BCUT2D eigenvalue weighted by atomic mass is 10.1. The summed E-state index contributed by atoms with van der Waals surface area (Å²) >= 11 is 0. The van der Waals surface area contributed by atoms with E-state index in [0.29, 0.717) is 5.57 Å². The summed E-state index contributed by atoms with van der Waals surface area (Å²) in [7, 11) is 3.85. The van der Waals surface area contributed by atoms with Crippen molar-refractivity contribution in [2.24, 2.45) is 0 Å². The first kappa shape index (κ1) is 8.19. The topological polar surface area (TPSA) is 27.0 Å². The minimum absolute atomic E-state index is 0.162. The molecule has 1 atom stereocenters. The van der Waals surface area contributed by atoms with Crippen molar-refractivity contribution in [3.63, 3.8) is 0 Å². The first-order valence-electron chi connectivity index (χ1n) is 2.85. The first-order valence-corrected chi connectivity index (χ1v) is 2.85. The Kier molecular flexibility index (Phi) is 2.97. The molecule has 0 bridgehead atoms. The summed E-state index contributed by atoms with van der Waals surface area (Å²) in [6.45, 7) is 5.54. The second kappa shape index (κ2) is 3.26. The zero-order valence-electron chi connectivity index (χ0n) is 6.18. The molecule has 0 aromatic rings. The smallest absolute Gasteiger partial charge is 0.0957 e. The highest BCUT2D eigenvalue weighted by Crippen LogP contribution is 2.01. The third-order valence-corrected chi connectivity index (χ3v) is 1.42. The number of rotatable bonds is 2. The number of nitrogens with zero attached hydrogens (tertiary/aromatic N) is 2. The Hall–Kier alpha value is -0.810. The molecule has 0 amide bonds. The molecular weight excluding hydrogens is 112 g/mol. The van der Waals surface area contributed by atoms with Gasteiger partial charge >= 0.3 is 0 Å². The molecule has 0 saturated heterocycles. The average molecular weight is 124 g/mol. The van der Waals surface area contributed by atoms with Crippen molar-refractivity contribution in [2.75, 3.05) is 14.1 Å². The molecule has 0 aromatic carbocycles. The summed E-state index contributed by atoms with van der Waals surface area (Å²) < 4.78 is 0. The van der Waals surface area contributed by atoms with Gasteiger partial charge in [0.1, 0.15) is 0 Å². The number of nitriles is 1. The molecule has 50 valence electrons. The molecule has 1 unspecified atom stereocenters. The summed E-state index contributed by atoms with van der Waals surface area (Å²) in [4.78, 5) is 1.95. The van der Waals surface area contributed by atoms with Crippen LogP contribution in [0.4, 0.5) is 0 Å². The van der Waals surface area contributed by atoms with Crippen molar-refractivity contribution in [3.05, 3.63) is 12.2 Å². The third-order valence-electron chi connectivity index (χ3n) is 1.42. The molecule has 0 heterocycles. The summed E-state index contributed by atoms with van der Waals surface area (Å²) in [5.41, 5.74) is 0.611. The Labute approximate surface area is 56.4 Å². The maximum Gasteiger partial charge on any atom is 0.0957 e. The van der Waals surface area contributed by atoms with Crippen LogP contribution in [0.5, 0.6) is 0 Å². The van der Waals surface area contributed by atoms with Gasteiger partial charge in [0, 0.05) is 11.6 Å². The molecule has 0 aliphatic rings. The van der Waals surface area contributed by atoms with Crippen molar-refractivity contribution < 1.29 is 0 Å². The fourth-order valence-corrected chi connectivity index (χ4v) is 0.405. The minimum Gasteiger partial charge on any atom is -0.302 e. The van der Waals surface area contributed by atoms with Gasteiger partial charge < -0.3 is 4.90 Å². The van der Waals surface area contributed by atoms with Crippen LogP contribution in [0.1, 0.15) is 6.92 Å². The zero-order valence-corrected chi connectivity index (χ0v) is 6.18. The van der Waals surface area contributed by atoms with Crippen molar-refractivity contribution in [1.82, 2.24) is 4.90 Å². The van der Waals surface area contributed by atoms with Crippen LogP contribution < -0.4 is 0 Å². The predicted molar refractivity (Wildman–Crippen MR) is 37.9 cm³/mol. The summed E-state index contributed by atoms with van der Waals surface area (Å²) in [5.74, 6) is 0. The van der Waals surface area contributed by atoms with E-state index in [0.717, 1.165) is 0 Å². The van der Waals surface area contributed by atoms with Gasteiger partial charge in [-0.05, 0) is 21.0 Å². The lowest BCUT2D eigenvalue weighted by molar-refractivity contribution is 0.356. The van der Waals surface area contributed by atoms with Gasteiger partial charge in [0.05, 0.1) is 6.07 Å². The lowest BCUT2D eigenvalue weighted by Gasteiger charge is -2.17. The standard InChI is InChI=1S/C7H12N2/c1-6(5-8)7(2)9(3)4/h7H,1H2,2-4H3. The second-order valence-electron chi connectivity index (χ2n) is 2.28. The highest BCUT2D eigenvalue weighted by Gasteiger charge is 2.06. The van der Waals surface area contributed by atoms with Gasteiger partial charge in [-0.1, -0.05) is 6.58 Å². The molecule has 0 N–H and O–H groups in total. The fourth-order valence-electron chi connectivity index (χ4n) is 0.405. The Morgan fingerprint density at radius 2 is 2.11 bits per heavy atom. The quantitative estimate of drug-likeness (QED) is 0.514. The number of likely N-dealkylation sites (N-methyl/N-ethyl adjacent to an activating group) is 1. The molecule has 0 radical (unpaired) electrons. The van der Waals surface area contributed by atoms with Crippen molar-refractivity contribution in [1.29, 1.82) is 5.26 Å². The third kappa shape index (κ3) is 2.29. The summed E-state index contributed by atoms with van der Waals surface area (Å²) in [5, 5.41) is 8.38. The first-order chi connectivity index (χ1) is 4.09. The minimum atomic E-state index is 0.162. The summed E-state index contributed by atoms with van der Waals surface area (Å²) in [6.07, 6.45) is 0. The normalized spacial score (nSPS) is 12.8. The van der Waals surface area contributed by atoms with Crippen molar-refractivity contribution >= 4 is 0 Å². The Morgan fingerprint density at radius 3 is 2.22 bits per heavy atom. The predicted octanol–water partition coefficient (Wildman–Crippen LogP) is 1.02. The van der Waals surface area contributed by atoms with Gasteiger partial charge in [0.2, 0.25) is 0 Å². The Morgan fingerprint density at radius 1 is 1.67 bits per heavy atom. The SMILES string of the molecule is C=C(C#N)C(C)N(C)C. The van der Waals surface area contributed by atoms with Crippen molar-refractivity contribution in [3.8, 4) is 6.07 Å². The molecule has 0 aromatic heterocycles. The van der Waals surface area contributed by atoms with Gasteiger partial charge in [-0.2, -0.15) is 5.26 Å². The lowest BCUT2D eigenvalue weighted by Crippen LogP contribution is -2.25. The van der Waals surface area contributed by atoms with E-state index in [4.69, 9.17) is 5.26 Å². The van der Waals surface area contributed by atoms with Crippen molar-refractivity contribution in [2.45, 2.75) is 13.0 Å². The highest BCUT2D eigenvalue weighted by atomic mass is 15.1. The van der Waals surface area contributed by atoms with Crippen LogP contribution in [0.15, 0.2) is 12.2 Å². The molecule has 0 spiro atoms. The molecule has 0 rings (SSSR count). The van der Waals surface area contributed by atoms with E-state index in [1.165, 1.54) is 0 Å². The van der Waals surface area contributed by atoms with Crippen LogP contribution in [-0.4, -0.2) is 25.0 Å². The van der Waals surface area contributed by atoms with Crippen LogP contribution in [0, 0.1) is 11.3 Å². The van der Waals surface area contributed by atoms with E-state index in [-0.39, 0.29) is 6.04 Å². The van der Waals surface area contributed by atoms with Gasteiger partial charge in [0.25, 0.3) is 0 Å². The molecule has 9 heavy (non-hydrogen) atoms. The maximum absolute atomic E-state index is 8.38. The molecule has 0 aliphatic carbocycles. The maximum atomic E-state index is 8.38. The highest BCUT2D eigenvalue weighted by molar-refractivity contribution is 5.21. The second-order valence-corrected chi connectivity index (χ2v) is 2.28. The Bertz CT molecular complexity index is 141. The number of hydrogen-bond acceptors (Lipinski definition) is 2. The molecule has 0 saturated carbocycles. The van der Waals surface area contributed by atoms with E-state index in [1.807, 2.05) is 32.0 Å². The van der Waals surface area contributed by atoms with E-state index >= 15 is 0 Å². The number of hydrogen-bond donors (Lipinski definition) is 0.